The lowest BCUT2D eigenvalue weighted by Gasteiger charge is -2.28. The summed E-state index contributed by atoms with van der Waals surface area (Å²) in [7, 11) is 0. The number of benzene rings is 2. The van der Waals surface area contributed by atoms with E-state index in [1.165, 1.54) is 0 Å². The number of hydrogen-bond acceptors (Lipinski definition) is 1. The maximum atomic E-state index is 12.4. The van der Waals surface area contributed by atoms with Crippen molar-refractivity contribution in [1.29, 1.82) is 0 Å². The van der Waals surface area contributed by atoms with E-state index >= 15 is 0 Å². The molecule has 0 fully saturated rings. The summed E-state index contributed by atoms with van der Waals surface area (Å²) in [6.07, 6.45) is 2.76. The summed E-state index contributed by atoms with van der Waals surface area (Å²) in [6.45, 7) is 0. The molecule has 1 nitrogen and oxygen atoms in total. The first-order valence-corrected chi connectivity index (χ1v) is 8.67. The van der Waals surface area contributed by atoms with Crippen LogP contribution in [-0.4, -0.2) is 10.6 Å². The lowest BCUT2D eigenvalue weighted by molar-refractivity contribution is -0.115. The van der Waals surface area contributed by atoms with Crippen molar-refractivity contribution >= 4 is 32.8 Å². The van der Waals surface area contributed by atoms with Gasteiger partial charge in [-0.3, -0.25) is 4.79 Å². The number of unbranched alkanes of at least 4 members (excludes halogenated alkanes) is 1. The normalized spacial score (nSPS) is 13.9. The number of carbonyl (C=O) groups is 1. The Morgan fingerprint density at radius 2 is 1.45 bits per heavy atom. The molecule has 116 valence electrons. The smallest absolute Gasteiger partial charge is 0.236 e. The van der Waals surface area contributed by atoms with Crippen LogP contribution in [-0.2, 0) is 10.2 Å². The van der Waals surface area contributed by atoms with Crippen molar-refractivity contribution in [3.8, 4) is 11.1 Å². The van der Waals surface area contributed by atoms with Gasteiger partial charge in [0.05, 0.1) is 5.41 Å². The summed E-state index contributed by atoms with van der Waals surface area (Å²) in [4.78, 5) is 12.4. The summed E-state index contributed by atoms with van der Waals surface area (Å²) in [5, 5.41) is 0.678. The van der Waals surface area contributed by atoms with Crippen molar-refractivity contribution < 1.29 is 4.79 Å². The van der Waals surface area contributed by atoms with E-state index in [1.807, 2.05) is 36.4 Å². The molecule has 0 saturated heterocycles. The molecule has 2 aromatic carbocycles. The molecule has 0 heterocycles. The predicted molar refractivity (Wildman–Crippen MR) is 97.9 cm³/mol. The van der Waals surface area contributed by atoms with Gasteiger partial charge in [-0.1, -0.05) is 78.3 Å². The second-order valence-corrected chi connectivity index (χ2v) is 6.55. The average molecular weight is 380 g/mol. The molecular weight excluding hydrogens is 360 g/mol. The fourth-order valence-electron chi connectivity index (χ4n) is 3.39. The SMILES string of the molecule is C.O=C(Cl)C1(CCCCBr)c2ccccc2-c2ccccc21. The highest BCUT2D eigenvalue weighted by Gasteiger charge is 2.47. The molecule has 0 aromatic heterocycles. The third-order valence-electron chi connectivity index (χ3n) is 4.33. The Morgan fingerprint density at radius 3 is 1.91 bits per heavy atom. The maximum absolute atomic E-state index is 12.4. The topological polar surface area (TPSA) is 17.1 Å². The molecule has 0 amide bonds. The van der Waals surface area contributed by atoms with Gasteiger partial charge in [-0.25, -0.2) is 0 Å². The summed E-state index contributed by atoms with van der Waals surface area (Å²) < 4.78 is 0. The molecule has 0 unspecified atom stereocenters. The van der Waals surface area contributed by atoms with Crippen molar-refractivity contribution in [2.24, 2.45) is 0 Å². The van der Waals surface area contributed by atoms with Crippen LogP contribution < -0.4 is 0 Å². The van der Waals surface area contributed by atoms with Gasteiger partial charge in [-0.15, -0.1) is 0 Å². The summed E-state index contributed by atoms with van der Waals surface area (Å²) in [5.41, 5.74) is 3.71. The minimum atomic E-state index is -0.684. The molecule has 0 saturated carbocycles. The Labute approximate surface area is 145 Å². The van der Waals surface area contributed by atoms with Gasteiger partial charge in [0, 0.05) is 5.33 Å². The van der Waals surface area contributed by atoms with Gasteiger partial charge in [0.1, 0.15) is 0 Å². The quantitative estimate of drug-likeness (QED) is 0.358. The number of fused-ring (bicyclic) bond motifs is 3. The van der Waals surface area contributed by atoms with Crippen LogP contribution in [0.4, 0.5) is 0 Å². The number of carbonyl (C=O) groups excluding carboxylic acids is 1. The first kappa shape index (κ1) is 17.2. The largest absolute Gasteiger partial charge is 0.280 e. The van der Waals surface area contributed by atoms with Gasteiger partial charge in [0.15, 0.2) is 0 Å². The van der Waals surface area contributed by atoms with Gasteiger partial charge in [-0.2, -0.15) is 0 Å². The minimum absolute atomic E-state index is 0. The Kier molecular flexibility index (Phi) is 5.46. The van der Waals surface area contributed by atoms with E-state index in [9.17, 15) is 4.79 Å². The van der Waals surface area contributed by atoms with Gasteiger partial charge < -0.3 is 0 Å². The molecule has 1 aliphatic rings. The number of hydrogen-bond donors (Lipinski definition) is 0. The molecule has 2 aromatic rings. The van der Waals surface area contributed by atoms with Crippen molar-refractivity contribution in [1.82, 2.24) is 0 Å². The second-order valence-electron chi connectivity index (χ2n) is 5.42. The van der Waals surface area contributed by atoms with Crippen molar-refractivity contribution in [2.75, 3.05) is 5.33 Å². The van der Waals surface area contributed by atoms with Crippen molar-refractivity contribution in [3.63, 3.8) is 0 Å². The van der Waals surface area contributed by atoms with E-state index in [1.54, 1.807) is 0 Å². The van der Waals surface area contributed by atoms with E-state index in [4.69, 9.17) is 11.6 Å². The average Bonchev–Trinajstić information content (AvgIpc) is 2.80. The molecule has 1 aliphatic carbocycles. The lowest BCUT2D eigenvalue weighted by Crippen LogP contribution is -2.32. The summed E-state index contributed by atoms with van der Waals surface area (Å²) in [6, 6.07) is 16.3. The monoisotopic (exact) mass is 378 g/mol. The standard InChI is InChI=1S/C18H16BrClO.CH4/c19-12-6-5-11-18(17(20)21)15-9-3-1-7-13(15)14-8-2-4-10-16(14)18;/h1-4,7-10H,5-6,11-12H2;1H4. The van der Waals surface area contributed by atoms with Crippen LogP contribution in [0.5, 0.6) is 0 Å². The molecule has 3 rings (SSSR count). The summed E-state index contributed by atoms with van der Waals surface area (Å²) in [5.74, 6) is 0. The van der Waals surface area contributed by atoms with E-state index in [2.05, 4.69) is 28.1 Å². The second kappa shape index (κ2) is 6.97. The molecule has 3 heteroatoms. The molecule has 0 radical (unpaired) electrons. The van der Waals surface area contributed by atoms with Crippen LogP contribution in [0.2, 0.25) is 0 Å². The highest BCUT2D eigenvalue weighted by Crippen LogP contribution is 2.52. The Hall–Kier alpha value is -1.12. The molecular formula is C19H20BrClO. The van der Waals surface area contributed by atoms with Gasteiger partial charge in [-0.05, 0) is 46.7 Å². The molecule has 0 atom stereocenters. The van der Waals surface area contributed by atoms with E-state index in [-0.39, 0.29) is 12.7 Å². The third-order valence-corrected chi connectivity index (χ3v) is 5.22. The van der Waals surface area contributed by atoms with E-state index in [0.717, 1.165) is 46.8 Å². The van der Waals surface area contributed by atoms with Crippen LogP contribution in [0.3, 0.4) is 0 Å². The number of rotatable bonds is 5. The molecule has 22 heavy (non-hydrogen) atoms. The Bertz CT molecular complexity index is 635. The van der Waals surface area contributed by atoms with Gasteiger partial charge in [0.2, 0.25) is 5.24 Å². The van der Waals surface area contributed by atoms with Crippen LogP contribution in [0.15, 0.2) is 48.5 Å². The molecule has 0 N–H and O–H groups in total. The fraction of sp³-hybridized carbons (Fsp3) is 0.316. The maximum Gasteiger partial charge on any atom is 0.236 e. The number of halogens is 2. The highest BCUT2D eigenvalue weighted by molar-refractivity contribution is 9.09. The minimum Gasteiger partial charge on any atom is -0.280 e. The third kappa shape index (κ3) is 2.53. The van der Waals surface area contributed by atoms with Gasteiger partial charge >= 0.3 is 0 Å². The Balaban J connectivity index is 0.00000176. The fourth-order valence-corrected chi connectivity index (χ4v) is 4.08. The predicted octanol–water partition coefficient (Wildman–Crippen LogP) is 5.92. The zero-order valence-electron chi connectivity index (χ0n) is 11.6. The molecule has 0 aliphatic heterocycles. The molecule has 0 spiro atoms. The van der Waals surface area contributed by atoms with E-state index < -0.39 is 5.41 Å². The van der Waals surface area contributed by atoms with Crippen molar-refractivity contribution in [2.45, 2.75) is 32.1 Å². The van der Waals surface area contributed by atoms with E-state index in [0.29, 0.717) is 0 Å². The van der Waals surface area contributed by atoms with Crippen LogP contribution in [0.25, 0.3) is 11.1 Å². The van der Waals surface area contributed by atoms with Crippen LogP contribution >= 0.6 is 27.5 Å². The number of alkyl halides is 1. The molecule has 0 bridgehead atoms. The Morgan fingerprint density at radius 1 is 0.955 bits per heavy atom. The highest BCUT2D eigenvalue weighted by atomic mass is 79.9. The first-order chi connectivity index (χ1) is 10.2. The summed E-state index contributed by atoms with van der Waals surface area (Å²) >= 11 is 9.58. The van der Waals surface area contributed by atoms with Crippen LogP contribution in [0, 0.1) is 0 Å². The zero-order chi connectivity index (χ0) is 14.9. The lowest BCUT2D eigenvalue weighted by atomic mass is 9.75. The van der Waals surface area contributed by atoms with Crippen LogP contribution in [0.1, 0.15) is 37.8 Å². The van der Waals surface area contributed by atoms with Crippen molar-refractivity contribution in [3.05, 3.63) is 59.7 Å². The van der Waals surface area contributed by atoms with Gasteiger partial charge in [0.25, 0.3) is 0 Å². The zero-order valence-corrected chi connectivity index (χ0v) is 14.0. The first-order valence-electron chi connectivity index (χ1n) is 7.17.